The van der Waals surface area contributed by atoms with E-state index in [1.807, 2.05) is 18.3 Å². The number of nitrogens with zero attached hydrogens (tertiary/aromatic N) is 2. The van der Waals surface area contributed by atoms with Crippen molar-refractivity contribution in [2.24, 2.45) is 5.41 Å². The third kappa shape index (κ3) is 2.19. The van der Waals surface area contributed by atoms with Gasteiger partial charge >= 0.3 is 0 Å². The quantitative estimate of drug-likeness (QED) is 0.896. The maximum absolute atomic E-state index is 6.04. The van der Waals surface area contributed by atoms with Crippen LogP contribution in [0, 0.1) is 5.41 Å². The van der Waals surface area contributed by atoms with Gasteiger partial charge in [-0.05, 0) is 24.3 Å². The second-order valence-corrected chi connectivity index (χ2v) is 6.34. The topological polar surface area (TPSA) is 64.9 Å². The lowest BCUT2D eigenvalue weighted by atomic mass is 9.67. The van der Waals surface area contributed by atoms with E-state index < -0.39 is 0 Å². The molecule has 0 spiro atoms. The monoisotopic (exact) mass is 271 g/mol. The minimum atomic E-state index is 0.223. The number of anilines is 1. The standard InChI is InChI=1S/C16H21N3O/c1-16(2)8-4-3-7-12(16)14-13(15(17)19-20-14)11-6-5-9-18-10-11/h5-6,9-10,12H,3-4,7-8H2,1-2H3,(H2,17,19). The summed E-state index contributed by atoms with van der Waals surface area (Å²) in [4.78, 5) is 4.18. The zero-order valence-corrected chi connectivity index (χ0v) is 12.1. The summed E-state index contributed by atoms with van der Waals surface area (Å²) in [6.07, 6.45) is 8.45. The van der Waals surface area contributed by atoms with E-state index in [1.165, 1.54) is 19.3 Å². The Hall–Kier alpha value is -1.84. The first-order chi connectivity index (χ1) is 9.59. The molecule has 2 aromatic heterocycles. The second-order valence-electron chi connectivity index (χ2n) is 6.34. The molecule has 3 rings (SSSR count). The van der Waals surface area contributed by atoms with E-state index in [4.69, 9.17) is 10.3 Å². The summed E-state index contributed by atoms with van der Waals surface area (Å²) in [5, 5.41) is 4.01. The molecule has 4 nitrogen and oxygen atoms in total. The number of nitrogens with two attached hydrogens (primary N) is 1. The van der Waals surface area contributed by atoms with Crippen LogP contribution >= 0.6 is 0 Å². The van der Waals surface area contributed by atoms with Crippen LogP contribution in [0.2, 0.25) is 0 Å². The van der Waals surface area contributed by atoms with E-state index in [0.717, 1.165) is 23.3 Å². The van der Waals surface area contributed by atoms with E-state index >= 15 is 0 Å². The Morgan fingerprint density at radius 1 is 1.35 bits per heavy atom. The van der Waals surface area contributed by atoms with Crippen LogP contribution in [-0.2, 0) is 0 Å². The summed E-state index contributed by atoms with van der Waals surface area (Å²) < 4.78 is 5.62. The first-order valence-corrected chi connectivity index (χ1v) is 7.25. The average Bonchev–Trinajstić information content (AvgIpc) is 2.81. The summed E-state index contributed by atoms with van der Waals surface area (Å²) in [7, 11) is 0. The fourth-order valence-electron chi connectivity index (χ4n) is 3.33. The third-order valence-electron chi connectivity index (χ3n) is 4.52. The Bertz CT molecular complexity index is 589. The van der Waals surface area contributed by atoms with Gasteiger partial charge in [0.15, 0.2) is 5.82 Å². The van der Waals surface area contributed by atoms with Gasteiger partial charge in [0, 0.05) is 23.9 Å². The van der Waals surface area contributed by atoms with Crippen molar-refractivity contribution in [3.63, 3.8) is 0 Å². The van der Waals surface area contributed by atoms with Gasteiger partial charge in [-0.1, -0.05) is 37.9 Å². The molecule has 1 fully saturated rings. The van der Waals surface area contributed by atoms with E-state index in [9.17, 15) is 0 Å². The largest absolute Gasteiger partial charge is 0.380 e. The van der Waals surface area contributed by atoms with Crippen LogP contribution in [0.1, 0.15) is 51.2 Å². The number of rotatable bonds is 2. The number of pyridine rings is 1. The number of hydrogen-bond donors (Lipinski definition) is 1. The van der Waals surface area contributed by atoms with Crippen LogP contribution in [-0.4, -0.2) is 10.1 Å². The Labute approximate surface area is 119 Å². The highest BCUT2D eigenvalue weighted by Crippen LogP contribution is 2.50. The maximum atomic E-state index is 6.04. The first kappa shape index (κ1) is 13.2. The lowest BCUT2D eigenvalue weighted by molar-refractivity contribution is 0.169. The van der Waals surface area contributed by atoms with Crippen LogP contribution < -0.4 is 5.73 Å². The van der Waals surface area contributed by atoms with Crippen molar-refractivity contribution in [2.45, 2.75) is 45.4 Å². The van der Waals surface area contributed by atoms with Gasteiger partial charge in [-0.3, -0.25) is 4.98 Å². The van der Waals surface area contributed by atoms with Gasteiger partial charge in [-0.2, -0.15) is 0 Å². The highest BCUT2D eigenvalue weighted by atomic mass is 16.5. The Morgan fingerprint density at radius 2 is 2.20 bits per heavy atom. The van der Waals surface area contributed by atoms with E-state index in [0.29, 0.717) is 11.7 Å². The van der Waals surface area contributed by atoms with Gasteiger partial charge in [0.2, 0.25) is 0 Å². The Morgan fingerprint density at radius 3 is 2.90 bits per heavy atom. The van der Waals surface area contributed by atoms with Crippen molar-refractivity contribution in [1.82, 2.24) is 10.1 Å². The molecule has 4 heteroatoms. The lowest BCUT2D eigenvalue weighted by Gasteiger charge is -2.37. The molecule has 1 aliphatic rings. The number of nitrogen functional groups attached to an aromatic ring is 1. The summed E-state index contributed by atoms with van der Waals surface area (Å²) in [5.41, 5.74) is 8.18. The van der Waals surface area contributed by atoms with Crippen LogP contribution in [0.4, 0.5) is 5.82 Å². The predicted molar refractivity (Wildman–Crippen MR) is 79.1 cm³/mol. The molecule has 1 aliphatic carbocycles. The zero-order chi connectivity index (χ0) is 14.2. The minimum Gasteiger partial charge on any atom is -0.380 e. The van der Waals surface area contributed by atoms with Crippen molar-refractivity contribution in [1.29, 1.82) is 0 Å². The molecule has 2 aromatic rings. The Kier molecular flexibility index (Phi) is 3.24. The highest BCUT2D eigenvalue weighted by Gasteiger charge is 2.38. The molecule has 0 amide bonds. The predicted octanol–water partition coefficient (Wildman–Crippen LogP) is 4.00. The minimum absolute atomic E-state index is 0.223. The summed E-state index contributed by atoms with van der Waals surface area (Å²) in [5.74, 6) is 1.77. The fraction of sp³-hybridized carbons (Fsp3) is 0.500. The van der Waals surface area contributed by atoms with Gasteiger partial charge in [-0.15, -0.1) is 0 Å². The van der Waals surface area contributed by atoms with Crippen LogP contribution in [0.15, 0.2) is 29.0 Å². The molecule has 0 radical (unpaired) electrons. The number of hydrogen-bond acceptors (Lipinski definition) is 4. The first-order valence-electron chi connectivity index (χ1n) is 7.25. The van der Waals surface area contributed by atoms with Crippen molar-refractivity contribution in [2.75, 3.05) is 5.73 Å². The molecular weight excluding hydrogens is 250 g/mol. The third-order valence-corrected chi connectivity index (χ3v) is 4.52. The summed E-state index contributed by atoms with van der Waals surface area (Å²) >= 11 is 0. The average molecular weight is 271 g/mol. The van der Waals surface area contributed by atoms with Gasteiger partial charge < -0.3 is 10.3 Å². The molecule has 106 valence electrons. The molecule has 1 saturated carbocycles. The molecular formula is C16H21N3O. The van der Waals surface area contributed by atoms with Crippen molar-refractivity contribution >= 4 is 5.82 Å². The van der Waals surface area contributed by atoms with Crippen molar-refractivity contribution < 1.29 is 4.52 Å². The molecule has 2 N–H and O–H groups in total. The highest BCUT2D eigenvalue weighted by molar-refractivity contribution is 5.75. The van der Waals surface area contributed by atoms with Crippen LogP contribution in [0.3, 0.4) is 0 Å². The normalized spacial score (nSPS) is 21.8. The molecule has 0 aliphatic heterocycles. The SMILES string of the molecule is CC1(C)CCCCC1c1onc(N)c1-c1cccnc1. The molecule has 0 saturated heterocycles. The summed E-state index contributed by atoms with van der Waals surface area (Å²) in [6, 6.07) is 3.92. The van der Waals surface area contributed by atoms with E-state index in [2.05, 4.69) is 24.0 Å². The van der Waals surface area contributed by atoms with Crippen molar-refractivity contribution in [3.8, 4) is 11.1 Å². The molecule has 2 heterocycles. The van der Waals surface area contributed by atoms with E-state index in [1.54, 1.807) is 6.20 Å². The maximum Gasteiger partial charge on any atom is 0.175 e. The van der Waals surface area contributed by atoms with E-state index in [-0.39, 0.29) is 5.41 Å². The van der Waals surface area contributed by atoms with Crippen LogP contribution in [0.25, 0.3) is 11.1 Å². The smallest absolute Gasteiger partial charge is 0.175 e. The van der Waals surface area contributed by atoms with Gasteiger partial charge in [0.1, 0.15) is 5.76 Å². The summed E-state index contributed by atoms with van der Waals surface area (Å²) in [6.45, 7) is 4.62. The van der Waals surface area contributed by atoms with Crippen LogP contribution in [0.5, 0.6) is 0 Å². The van der Waals surface area contributed by atoms with Gasteiger partial charge in [0.05, 0.1) is 5.56 Å². The molecule has 0 aromatic carbocycles. The lowest BCUT2D eigenvalue weighted by Crippen LogP contribution is -2.26. The van der Waals surface area contributed by atoms with Crippen molar-refractivity contribution in [3.05, 3.63) is 30.3 Å². The Balaban J connectivity index is 2.07. The molecule has 20 heavy (non-hydrogen) atoms. The molecule has 1 unspecified atom stereocenters. The molecule has 0 bridgehead atoms. The number of aromatic nitrogens is 2. The fourth-order valence-corrected chi connectivity index (χ4v) is 3.33. The van der Waals surface area contributed by atoms with Gasteiger partial charge in [-0.25, -0.2) is 0 Å². The second kappa shape index (κ2) is 4.93. The van der Waals surface area contributed by atoms with Gasteiger partial charge in [0.25, 0.3) is 0 Å². The molecule has 1 atom stereocenters. The zero-order valence-electron chi connectivity index (χ0n) is 12.1.